The van der Waals surface area contributed by atoms with Crippen LogP contribution < -0.4 is 10.2 Å². The van der Waals surface area contributed by atoms with Crippen molar-refractivity contribution in [2.45, 2.75) is 32.7 Å². The van der Waals surface area contributed by atoms with Crippen molar-refractivity contribution in [2.75, 3.05) is 18.1 Å². The van der Waals surface area contributed by atoms with E-state index in [0.29, 0.717) is 24.2 Å². The molecule has 1 aromatic carbocycles. The molecular formula is C16H20N2O4. The lowest BCUT2D eigenvalue weighted by atomic mass is 10.2. The van der Waals surface area contributed by atoms with Gasteiger partial charge in [-0.15, -0.1) is 0 Å². The molecular weight excluding hydrogens is 284 g/mol. The average Bonchev–Trinajstić information content (AvgIpc) is 2.90. The van der Waals surface area contributed by atoms with Crippen LogP contribution in [0.4, 0.5) is 5.69 Å². The number of ether oxygens (including phenoxy) is 1. The number of hydrogen-bond donors (Lipinski definition) is 1. The number of nitrogens with zero attached hydrogens (tertiary/aromatic N) is 1. The molecule has 1 N–H and O–H groups in total. The summed E-state index contributed by atoms with van der Waals surface area (Å²) in [7, 11) is 0. The van der Waals surface area contributed by atoms with E-state index in [2.05, 4.69) is 5.32 Å². The molecule has 1 aromatic rings. The molecule has 1 fully saturated rings. The van der Waals surface area contributed by atoms with Gasteiger partial charge in [-0.1, -0.05) is 6.07 Å². The molecule has 0 spiro atoms. The van der Waals surface area contributed by atoms with Gasteiger partial charge in [-0.3, -0.25) is 9.59 Å². The molecule has 0 atom stereocenters. The molecule has 0 aliphatic carbocycles. The zero-order valence-electron chi connectivity index (χ0n) is 12.8. The van der Waals surface area contributed by atoms with Crippen LogP contribution in [0.2, 0.25) is 0 Å². The van der Waals surface area contributed by atoms with E-state index < -0.39 is 5.97 Å². The summed E-state index contributed by atoms with van der Waals surface area (Å²) < 4.78 is 4.98. The highest BCUT2D eigenvalue weighted by Crippen LogP contribution is 2.22. The summed E-state index contributed by atoms with van der Waals surface area (Å²) in [5.74, 6) is -0.858. The molecule has 22 heavy (non-hydrogen) atoms. The smallest absolute Gasteiger partial charge is 0.338 e. The predicted molar refractivity (Wildman–Crippen MR) is 81.6 cm³/mol. The van der Waals surface area contributed by atoms with Gasteiger partial charge < -0.3 is 15.0 Å². The van der Waals surface area contributed by atoms with Gasteiger partial charge in [0.2, 0.25) is 5.91 Å². The Morgan fingerprint density at radius 1 is 1.36 bits per heavy atom. The molecule has 0 unspecified atom stereocenters. The van der Waals surface area contributed by atoms with Gasteiger partial charge in [0, 0.05) is 24.7 Å². The van der Waals surface area contributed by atoms with Crippen LogP contribution in [0.15, 0.2) is 24.3 Å². The lowest BCUT2D eigenvalue weighted by Gasteiger charge is -2.16. The summed E-state index contributed by atoms with van der Waals surface area (Å²) >= 11 is 0. The van der Waals surface area contributed by atoms with Gasteiger partial charge in [0.1, 0.15) is 0 Å². The quantitative estimate of drug-likeness (QED) is 0.836. The largest absolute Gasteiger partial charge is 0.452 e. The van der Waals surface area contributed by atoms with Crippen LogP contribution in [0.1, 0.15) is 37.0 Å². The molecule has 0 saturated carbocycles. The van der Waals surface area contributed by atoms with E-state index >= 15 is 0 Å². The number of carbonyl (C=O) groups is 3. The van der Waals surface area contributed by atoms with E-state index in [1.165, 1.54) is 0 Å². The molecule has 0 bridgehead atoms. The standard InChI is InChI=1S/C16H20N2O4/c1-11(2)17-14(19)10-22-16(21)12-5-3-6-13(9-12)18-8-4-7-15(18)20/h3,5-6,9,11H,4,7-8,10H2,1-2H3,(H,17,19). The zero-order chi connectivity index (χ0) is 16.1. The van der Waals surface area contributed by atoms with Crippen LogP contribution in [0.5, 0.6) is 0 Å². The minimum Gasteiger partial charge on any atom is -0.452 e. The summed E-state index contributed by atoms with van der Waals surface area (Å²) in [5, 5.41) is 2.64. The van der Waals surface area contributed by atoms with Crippen molar-refractivity contribution in [2.24, 2.45) is 0 Å². The Labute approximate surface area is 129 Å². The van der Waals surface area contributed by atoms with E-state index in [1.807, 2.05) is 13.8 Å². The van der Waals surface area contributed by atoms with Gasteiger partial charge in [0.05, 0.1) is 5.56 Å². The van der Waals surface area contributed by atoms with Gasteiger partial charge in [-0.2, -0.15) is 0 Å². The first-order valence-electron chi connectivity index (χ1n) is 7.34. The van der Waals surface area contributed by atoms with Gasteiger partial charge in [0.15, 0.2) is 6.61 Å². The SMILES string of the molecule is CC(C)NC(=O)COC(=O)c1cccc(N2CCCC2=O)c1. The minimum absolute atomic E-state index is 0.00397. The fraction of sp³-hybridized carbons (Fsp3) is 0.438. The summed E-state index contributed by atoms with van der Waals surface area (Å²) in [6.07, 6.45) is 1.35. The molecule has 118 valence electrons. The Balaban J connectivity index is 1.98. The number of rotatable bonds is 5. The monoisotopic (exact) mass is 304 g/mol. The van der Waals surface area contributed by atoms with E-state index in [9.17, 15) is 14.4 Å². The van der Waals surface area contributed by atoms with Crippen LogP contribution in [0.3, 0.4) is 0 Å². The summed E-state index contributed by atoms with van der Waals surface area (Å²) in [4.78, 5) is 36.8. The second-order valence-electron chi connectivity index (χ2n) is 5.50. The number of amides is 2. The van der Waals surface area contributed by atoms with Gasteiger partial charge in [-0.05, 0) is 38.5 Å². The van der Waals surface area contributed by atoms with Crippen LogP contribution in [-0.2, 0) is 14.3 Å². The van der Waals surface area contributed by atoms with Crippen molar-refractivity contribution in [1.29, 1.82) is 0 Å². The molecule has 2 amide bonds. The third kappa shape index (κ3) is 4.07. The first kappa shape index (κ1) is 16.0. The maximum absolute atomic E-state index is 12.0. The number of hydrogen-bond acceptors (Lipinski definition) is 4. The van der Waals surface area contributed by atoms with Crippen molar-refractivity contribution in [3.63, 3.8) is 0 Å². The first-order valence-corrected chi connectivity index (χ1v) is 7.34. The topological polar surface area (TPSA) is 75.7 Å². The zero-order valence-corrected chi connectivity index (χ0v) is 12.8. The summed E-state index contributed by atoms with van der Waals surface area (Å²) in [6, 6.07) is 6.70. The molecule has 6 heteroatoms. The third-order valence-corrected chi connectivity index (χ3v) is 3.25. The second kappa shape index (κ2) is 7.06. The van der Waals surface area contributed by atoms with E-state index in [-0.39, 0.29) is 24.5 Å². The highest BCUT2D eigenvalue weighted by molar-refractivity contribution is 5.97. The maximum atomic E-state index is 12.0. The van der Waals surface area contributed by atoms with Crippen molar-refractivity contribution >= 4 is 23.5 Å². The van der Waals surface area contributed by atoms with Crippen molar-refractivity contribution in [3.8, 4) is 0 Å². The van der Waals surface area contributed by atoms with E-state index in [4.69, 9.17) is 4.74 Å². The Morgan fingerprint density at radius 3 is 2.77 bits per heavy atom. The fourth-order valence-electron chi connectivity index (χ4n) is 2.30. The third-order valence-electron chi connectivity index (χ3n) is 3.25. The normalized spacial score (nSPS) is 14.3. The highest BCUT2D eigenvalue weighted by Gasteiger charge is 2.22. The Hall–Kier alpha value is -2.37. The summed E-state index contributed by atoms with van der Waals surface area (Å²) in [5.41, 5.74) is 1.01. The molecule has 1 heterocycles. The molecule has 1 saturated heterocycles. The molecule has 6 nitrogen and oxygen atoms in total. The molecule has 1 aliphatic heterocycles. The van der Waals surface area contributed by atoms with Crippen molar-refractivity contribution in [3.05, 3.63) is 29.8 Å². The lowest BCUT2D eigenvalue weighted by Crippen LogP contribution is -2.34. The second-order valence-corrected chi connectivity index (χ2v) is 5.50. The Morgan fingerprint density at radius 2 is 2.14 bits per heavy atom. The Kier molecular flexibility index (Phi) is 5.14. The minimum atomic E-state index is -0.576. The summed E-state index contributed by atoms with van der Waals surface area (Å²) in [6.45, 7) is 4.00. The van der Waals surface area contributed by atoms with Gasteiger partial charge in [0.25, 0.3) is 5.91 Å². The van der Waals surface area contributed by atoms with E-state index in [1.54, 1.807) is 29.2 Å². The number of esters is 1. The highest BCUT2D eigenvalue weighted by atomic mass is 16.5. The molecule has 0 radical (unpaired) electrons. The van der Waals surface area contributed by atoms with Gasteiger partial charge >= 0.3 is 5.97 Å². The van der Waals surface area contributed by atoms with E-state index in [0.717, 1.165) is 6.42 Å². The molecule has 1 aliphatic rings. The van der Waals surface area contributed by atoms with Crippen LogP contribution >= 0.6 is 0 Å². The van der Waals surface area contributed by atoms with Crippen LogP contribution in [0.25, 0.3) is 0 Å². The van der Waals surface area contributed by atoms with Crippen LogP contribution in [0, 0.1) is 0 Å². The Bertz CT molecular complexity index is 583. The average molecular weight is 304 g/mol. The number of benzene rings is 1. The number of nitrogens with one attached hydrogen (secondary N) is 1. The van der Waals surface area contributed by atoms with Crippen molar-refractivity contribution < 1.29 is 19.1 Å². The fourth-order valence-corrected chi connectivity index (χ4v) is 2.30. The maximum Gasteiger partial charge on any atom is 0.338 e. The van der Waals surface area contributed by atoms with Gasteiger partial charge in [-0.25, -0.2) is 4.79 Å². The van der Waals surface area contributed by atoms with Crippen LogP contribution in [-0.4, -0.2) is 37.0 Å². The first-order chi connectivity index (χ1) is 10.5. The lowest BCUT2D eigenvalue weighted by molar-refractivity contribution is -0.124. The number of carbonyl (C=O) groups excluding carboxylic acids is 3. The molecule has 0 aromatic heterocycles. The number of anilines is 1. The van der Waals surface area contributed by atoms with Crippen molar-refractivity contribution in [1.82, 2.24) is 5.32 Å². The predicted octanol–water partition coefficient (Wildman–Crippen LogP) is 1.49. The molecule has 2 rings (SSSR count).